The van der Waals surface area contributed by atoms with Crippen LogP contribution in [0.2, 0.25) is 10.0 Å². The summed E-state index contributed by atoms with van der Waals surface area (Å²) in [5.74, 6) is -0.127. The fourth-order valence-corrected chi connectivity index (χ4v) is 8.60. The van der Waals surface area contributed by atoms with Crippen LogP contribution >= 0.6 is 23.2 Å². The van der Waals surface area contributed by atoms with E-state index in [1.54, 1.807) is 0 Å². The molecule has 1 aliphatic heterocycles. The van der Waals surface area contributed by atoms with Crippen molar-refractivity contribution in [3.63, 3.8) is 0 Å². The number of hydrogen-bond donors (Lipinski definition) is 1. The van der Waals surface area contributed by atoms with Crippen molar-refractivity contribution in [2.75, 3.05) is 20.6 Å². The summed E-state index contributed by atoms with van der Waals surface area (Å²) >= 11 is 12.2. The van der Waals surface area contributed by atoms with E-state index < -0.39 is 16.1 Å². The summed E-state index contributed by atoms with van der Waals surface area (Å²) in [6.45, 7) is 0.285. The van der Waals surface area contributed by atoms with Gasteiger partial charge >= 0.3 is 0 Å². The van der Waals surface area contributed by atoms with Gasteiger partial charge in [0.15, 0.2) is 0 Å². The predicted molar refractivity (Wildman–Crippen MR) is 169 cm³/mol. The summed E-state index contributed by atoms with van der Waals surface area (Å²) in [5.41, 5.74) is 3.40. The summed E-state index contributed by atoms with van der Waals surface area (Å²) in [4.78, 5) is 16.0. The maximum atomic E-state index is 13.8. The Kier molecular flexibility index (Phi) is 9.65. The average molecular weight is 629 g/mol. The minimum atomic E-state index is -3.92. The number of benzene rings is 3. The Morgan fingerprint density at radius 1 is 0.976 bits per heavy atom. The Balaban J connectivity index is 1.28. The van der Waals surface area contributed by atoms with Crippen molar-refractivity contribution in [3.8, 4) is 0 Å². The maximum absolute atomic E-state index is 13.8. The fraction of sp³-hybridized carbons (Fsp3) is 0.424. The molecule has 0 spiro atoms. The van der Waals surface area contributed by atoms with Gasteiger partial charge in [-0.15, -0.1) is 0 Å². The van der Waals surface area contributed by atoms with Gasteiger partial charge in [-0.05, 0) is 93.9 Å². The van der Waals surface area contributed by atoms with E-state index in [4.69, 9.17) is 23.2 Å². The SMILES string of the molecule is CN(C)C1(CCc2ccccc2)CCC(NC(=O)CC2c3ccccc3CCN2S(=O)(=O)c2ccc(Cl)c(Cl)c2)CC1. The number of amides is 1. The third-order valence-corrected chi connectivity index (χ3v) is 11.8. The van der Waals surface area contributed by atoms with Gasteiger partial charge < -0.3 is 10.2 Å². The van der Waals surface area contributed by atoms with Crippen molar-refractivity contribution in [3.05, 3.63) is 99.5 Å². The van der Waals surface area contributed by atoms with Gasteiger partial charge in [-0.25, -0.2) is 8.42 Å². The molecular weight excluding hydrogens is 589 g/mol. The van der Waals surface area contributed by atoms with E-state index in [1.165, 1.54) is 28.1 Å². The third-order valence-electron chi connectivity index (χ3n) is 9.19. The molecule has 0 saturated heterocycles. The maximum Gasteiger partial charge on any atom is 0.243 e. The Morgan fingerprint density at radius 3 is 2.36 bits per heavy atom. The number of carbonyl (C=O) groups is 1. The van der Waals surface area contributed by atoms with Crippen LogP contribution in [-0.2, 0) is 27.7 Å². The number of rotatable bonds is 9. The molecule has 9 heteroatoms. The topological polar surface area (TPSA) is 69.7 Å². The lowest BCUT2D eigenvalue weighted by Crippen LogP contribution is -2.51. The molecule has 3 aromatic rings. The van der Waals surface area contributed by atoms with E-state index >= 15 is 0 Å². The first-order chi connectivity index (χ1) is 20.1. The molecule has 0 bridgehead atoms. The molecular formula is C33H39Cl2N3O3S. The van der Waals surface area contributed by atoms with Crippen LogP contribution < -0.4 is 5.32 Å². The van der Waals surface area contributed by atoms with Crippen molar-refractivity contribution >= 4 is 39.1 Å². The van der Waals surface area contributed by atoms with Gasteiger partial charge in [0.25, 0.3) is 0 Å². The summed E-state index contributed by atoms with van der Waals surface area (Å²) < 4.78 is 29.1. The van der Waals surface area contributed by atoms with Gasteiger partial charge in [-0.3, -0.25) is 4.79 Å². The minimum Gasteiger partial charge on any atom is -0.353 e. The van der Waals surface area contributed by atoms with Crippen LogP contribution in [0.25, 0.3) is 0 Å². The van der Waals surface area contributed by atoms with Crippen molar-refractivity contribution in [2.45, 2.75) is 73.9 Å². The molecule has 1 aliphatic carbocycles. The smallest absolute Gasteiger partial charge is 0.243 e. The van der Waals surface area contributed by atoms with Gasteiger partial charge in [-0.2, -0.15) is 4.31 Å². The van der Waals surface area contributed by atoms with E-state index in [-0.39, 0.29) is 40.4 Å². The van der Waals surface area contributed by atoms with Gasteiger partial charge in [0.1, 0.15) is 0 Å². The molecule has 1 heterocycles. The highest BCUT2D eigenvalue weighted by Crippen LogP contribution is 2.39. The summed E-state index contributed by atoms with van der Waals surface area (Å²) in [6.07, 6.45) is 6.53. The van der Waals surface area contributed by atoms with Gasteiger partial charge in [0.05, 0.1) is 21.0 Å². The normalized spacial score (nSPS) is 23.0. The number of hydrogen-bond acceptors (Lipinski definition) is 4. The number of nitrogens with zero attached hydrogens (tertiary/aromatic N) is 2. The third kappa shape index (κ3) is 6.71. The second kappa shape index (κ2) is 13.1. The van der Waals surface area contributed by atoms with Crippen LogP contribution in [0.3, 0.4) is 0 Å². The number of halogens is 2. The fourth-order valence-electron chi connectivity index (χ4n) is 6.60. The second-order valence-electron chi connectivity index (χ2n) is 11.8. The Bertz CT molecular complexity index is 1510. The van der Waals surface area contributed by atoms with Crippen molar-refractivity contribution < 1.29 is 13.2 Å². The molecule has 42 heavy (non-hydrogen) atoms. The number of nitrogens with one attached hydrogen (secondary N) is 1. The van der Waals surface area contributed by atoms with Crippen LogP contribution in [-0.4, -0.2) is 55.8 Å². The molecule has 2 aliphatic rings. The zero-order valence-electron chi connectivity index (χ0n) is 24.2. The first kappa shape index (κ1) is 31.0. The highest BCUT2D eigenvalue weighted by Gasteiger charge is 2.40. The first-order valence-electron chi connectivity index (χ1n) is 14.6. The largest absolute Gasteiger partial charge is 0.353 e. The lowest BCUT2D eigenvalue weighted by Gasteiger charge is -2.45. The van der Waals surface area contributed by atoms with E-state index in [1.807, 2.05) is 30.3 Å². The number of fused-ring (bicyclic) bond motifs is 1. The number of sulfonamides is 1. The Hall–Kier alpha value is -2.42. The Labute approximate surface area is 260 Å². The van der Waals surface area contributed by atoms with Crippen LogP contribution in [0, 0.1) is 0 Å². The molecule has 0 radical (unpaired) electrons. The molecule has 1 atom stereocenters. The molecule has 5 rings (SSSR count). The van der Waals surface area contributed by atoms with Crippen LogP contribution in [0.1, 0.15) is 61.3 Å². The van der Waals surface area contributed by atoms with Gasteiger partial charge in [0, 0.05) is 24.5 Å². The quantitative estimate of drug-likeness (QED) is 0.288. The lowest BCUT2D eigenvalue weighted by molar-refractivity contribution is -0.123. The molecule has 1 saturated carbocycles. The summed E-state index contributed by atoms with van der Waals surface area (Å²) in [6, 6.07) is 22.2. The standard InChI is InChI=1S/C33H39Cl2N3O3S/c1-37(2)33(18-14-24-8-4-3-5-9-24)19-15-26(16-20-33)36-32(39)23-31-28-11-7-6-10-25(28)17-21-38(31)42(40,41)27-12-13-29(34)30(35)22-27/h3-13,22,26,31H,14-21,23H2,1-2H3,(H,36,39). The Morgan fingerprint density at radius 2 is 1.67 bits per heavy atom. The lowest BCUT2D eigenvalue weighted by atomic mass is 9.75. The molecule has 1 unspecified atom stereocenters. The molecule has 3 aromatic carbocycles. The first-order valence-corrected chi connectivity index (χ1v) is 16.8. The van der Waals surface area contributed by atoms with Gasteiger partial charge in [-0.1, -0.05) is 77.8 Å². The van der Waals surface area contributed by atoms with Crippen LogP contribution in [0.15, 0.2) is 77.7 Å². The second-order valence-corrected chi connectivity index (χ2v) is 14.5. The van der Waals surface area contributed by atoms with E-state index in [0.717, 1.165) is 49.7 Å². The van der Waals surface area contributed by atoms with Gasteiger partial charge in [0.2, 0.25) is 15.9 Å². The molecule has 0 aromatic heterocycles. The monoisotopic (exact) mass is 627 g/mol. The molecule has 224 valence electrons. The molecule has 1 amide bonds. The van der Waals surface area contributed by atoms with E-state index in [0.29, 0.717) is 11.4 Å². The highest BCUT2D eigenvalue weighted by atomic mass is 35.5. The van der Waals surface area contributed by atoms with Crippen LogP contribution in [0.4, 0.5) is 0 Å². The van der Waals surface area contributed by atoms with E-state index in [9.17, 15) is 13.2 Å². The summed E-state index contributed by atoms with van der Waals surface area (Å²) in [7, 11) is 0.399. The average Bonchev–Trinajstić information content (AvgIpc) is 2.98. The highest BCUT2D eigenvalue weighted by molar-refractivity contribution is 7.89. The van der Waals surface area contributed by atoms with Crippen molar-refractivity contribution in [1.29, 1.82) is 0 Å². The van der Waals surface area contributed by atoms with E-state index in [2.05, 4.69) is 48.6 Å². The molecule has 1 N–H and O–H groups in total. The number of aryl methyl sites for hydroxylation is 1. The summed E-state index contributed by atoms with van der Waals surface area (Å²) in [5, 5.41) is 3.73. The zero-order chi connectivity index (χ0) is 29.9. The van der Waals surface area contributed by atoms with Crippen molar-refractivity contribution in [1.82, 2.24) is 14.5 Å². The molecule has 6 nitrogen and oxygen atoms in total. The zero-order valence-corrected chi connectivity index (χ0v) is 26.6. The minimum absolute atomic E-state index is 0.0564. The molecule has 1 fully saturated rings. The van der Waals surface area contributed by atoms with Crippen LogP contribution in [0.5, 0.6) is 0 Å². The predicted octanol–water partition coefficient (Wildman–Crippen LogP) is 6.66. The number of carbonyl (C=O) groups excluding carboxylic acids is 1. The van der Waals surface area contributed by atoms with Crippen molar-refractivity contribution in [2.24, 2.45) is 0 Å².